The second kappa shape index (κ2) is 5.56. The third-order valence-electron chi connectivity index (χ3n) is 3.74. The third kappa shape index (κ3) is 2.62. The second-order valence-electron chi connectivity index (χ2n) is 5.28. The standard InChI is InChI=1S/C19H12BrNO2/c20-16-6-3-7-17-15(16)11-18(23-17)19(22)21-14-9-8-12-4-1-2-5-13(12)10-14/h1-11H,(H,21,22). The Balaban J connectivity index is 1.66. The van der Waals surface area contributed by atoms with Crippen LogP contribution in [0.3, 0.4) is 0 Å². The average Bonchev–Trinajstić information content (AvgIpc) is 3.01. The van der Waals surface area contributed by atoms with E-state index in [1.54, 1.807) is 6.07 Å². The van der Waals surface area contributed by atoms with Crippen LogP contribution in [0.4, 0.5) is 5.69 Å². The number of benzene rings is 3. The van der Waals surface area contributed by atoms with E-state index in [0.29, 0.717) is 11.3 Å². The summed E-state index contributed by atoms with van der Waals surface area (Å²) in [5.74, 6) is 0.0310. The van der Waals surface area contributed by atoms with Crippen LogP contribution in [-0.2, 0) is 0 Å². The molecule has 1 N–H and O–H groups in total. The number of rotatable bonds is 2. The Labute approximate surface area is 141 Å². The number of amides is 1. The molecule has 1 aromatic heterocycles. The minimum absolute atomic E-state index is 0.261. The van der Waals surface area contributed by atoms with E-state index < -0.39 is 0 Å². The summed E-state index contributed by atoms with van der Waals surface area (Å²) in [7, 11) is 0. The van der Waals surface area contributed by atoms with Gasteiger partial charge in [-0.15, -0.1) is 0 Å². The molecule has 0 aliphatic rings. The first kappa shape index (κ1) is 14.0. The van der Waals surface area contributed by atoms with Gasteiger partial charge >= 0.3 is 0 Å². The lowest BCUT2D eigenvalue weighted by Crippen LogP contribution is -2.10. The van der Waals surface area contributed by atoms with Crippen LogP contribution in [0.25, 0.3) is 21.7 Å². The van der Waals surface area contributed by atoms with E-state index in [4.69, 9.17) is 4.42 Å². The maximum Gasteiger partial charge on any atom is 0.291 e. The molecule has 0 aliphatic heterocycles. The van der Waals surface area contributed by atoms with E-state index in [-0.39, 0.29) is 5.91 Å². The van der Waals surface area contributed by atoms with Crippen molar-refractivity contribution in [2.75, 3.05) is 5.32 Å². The first-order valence-electron chi connectivity index (χ1n) is 7.19. The van der Waals surface area contributed by atoms with Crippen molar-refractivity contribution in [1.29, 1.82) is 0 Å². The molecule has 0 fully saturated rings. The summed E-state index contributed by atoms with van der Waals surface area (Å²) in [5, 5.41) is 5.99. The lowest BCUT2D eigenvalue weighted by molar-refractivity contribution is 0.0998. The summed E-state index contributed by atoms with van der Waals surface area (Å²) in [6, 6.07) is 21.2. The van der Waals surface area contributed by atoms with E-state index in [1.165, 1.54) is 0 Å². The third-order valence-corrected chi connectivity index (χ3v) is 4.43. The minimum Gasteiger partial charge on any atom is -0.451 e. The minimum atomic E-state index is -0.261. The van der Waals surface area contributed by atoms with Crippen molar-refractivity contribution in [3.63, 3.8) is 0 Å². The van der Waals surface area contributed by atoms with E-state index in [2.05, 4.69) is 21.2 Å². The van der Waals surface area contributed by atoms with Crippen LogP contribution in [-0.4, -0.2) is 5.91 Å². The lowest BCUT2D eigenvalue weighted by Gasteiger charge is -2.04. The molecule has 0 saturated carbocycles. The molecule has 0 aliphatic carbocycles. The van der Waals surface area contributed by atoms with Gasteiger partial charge in [0, 0.05) is 15.5 Å². The van der Waals surface area contributed by atoms with Crippen LogP contribution in [0.2, 0.25) is 0 Å². The van der Waals surface area contributed by atoms with E-state index >= 15 is 0 Å². The van der Waals surface area contributed by atoms with Crippen molar-refractivity contribution in [1.82, 2.24) is 0 Å². The number of halogens is 1. The van der Waals surface area contributed by atoms with Crippen LogP contribution in [0, 0.1) is 0 Å². The predicted octanol–water partition coefficient (Wildman–Crippen LogP) is 5.60. The normalized spacial score (nSPS) is 11.0. The highest BCUT2D eigenvalue weighted by Gasteiger charge is 2.14. The molecule has 0 atom stereocenters. The first-order chi connectivity index (χ1) is 11.2. The monoisotopic (exact) mass is 365 g/mol. The maximum absolute atomic E-state index is 12.4. The smallest absolute Gasteiger partial charge is 0.291 e. The molecule has 0 saturated heterocycles. The molecule has 0 bridgehead atoms. The summed E-state index contributed by atoms with van der Waals surface area (Å²) in [6.07, 6.45) is 0. The highest BCUT2D eigenvalue weighted by atomic mass is 79.9. The zero-order valence-corrected chi connectivity index (χ0v) is 13.6. The van der Waals surface area contributed by atoms with Gasteiger partial charge in [0.15, 0.2) is 5.76 Å². The molecule has 4 rings (SSSR count). The maximum atomic E-state index is 12.4. The molecule has 0 unspecified atom stereocenters. The number of furan rings is 1. The number of anilines is 1. The summed E-state index contributed by atoms with van der Waals surface area (Å²) >= 11 is 3.46. The molecule has 23 heavy (non-hydrogen) atoms. The Kier molecular flexibility index (Phi) is 3.39. The average molecular weight is 366 g/mol. The highest BCUT2D eigenvalue weighted by molar-refractivity contribution is 9.10. The number of nitrogens with one attached hydrogen (secondary N) is 1. The van der Waals surface area contributed by atoms with Gasteiger partial charge in [0.1, 0.15) is 5.58 Å². The SMILES string of the molecule is O=C(Nc1ccc2ccccc2c1)c1cc2c(Br)cccc2o1. The Morgan fingerprint density at radius 2 is 1.74 bits per heavy atom. The van der Waals surface area contributed by atoms with E-state index in [9.17, 15) is 4.79 Å². The summed E-state index contributed by atoms with van der Waals surface area (Å²) < 4.78 is 6.53. The number of carbonyl (C=O) groups excluding carboxylic acids is 1. The molecule has 0 spiro atoms. The summed E-state index contributed by atoms with van der Waals surface area (Å²) in [5.41, 5.74) is 1.43. The van der Waals surface area contributed by atoms with Crippen molar-refractivity contribution in [2.45, 2.75) is 0 Å². The van der Waals surface area contributed by atoms with Gasteiger partial charge in [0.05, 0.1) is 0 Å². The van der Waals surface area contributed by atoms with Crippen molar-refractivity contribution in [2.24, 2.45) is 0 Å². The van der Waals surface area contributed by atoms with Crippen LogP contribution in [0.15, 0.2) is 75.6 Å². The molecule has 3 aromatic carbocycles. The number of carbonyl (C=O) groups is 1. The number of fused-ring (bicyclic) bond motifs is 2. The Morgan fingerprint density at radius 1 is 0.913 bits per heavy atom. The Bertz CT molecular complexity index is 1040. The zero-order valence-electron chi connectivity index (χ0n) is 12.0. The van der Waals surface area contributed by atoms with Crippen molar-refractivity contribution >= 4 is 49.3 Å². The van der Waals surface area contributed by atoms with Gasteiger partial charge < -0.3 is 9.73 Å². The molecule has 0 radical (unpaired) electrons. The van der Waals surface area contributed by atoms with Gasteiger partial charge in [-0.2, -0.15) is 0 Å². The van der Waals surface area contributed by atoms with E-state index in [0.717, 1.165) is 26.3 Å². The molecule has 1 amide bonds. The molecule has 1 heterocycles. The fraction of sp³-hybridized carbons (Fsp3) is 0. The second-order valence-corrected chi connectivity index (χ2v) is 6.13. The van der Waals surface area contributed by atoms with E-state index in [1.807, 2.05) is 60.7 Å². The van der Waals surface area contributed by atoms with Crippen molar-refractivity contribution in [3.8, 4) is 0 Å². The van der Waals surface area contributed by atoms with Gasteiger partial charge in [-0.25, -0.2) is 0 Å². The van der Waals surface area contributed by atoms with Gasteiger partial charge in [-0.05, 0) is 41.1 Å². The molecular formula is C19H12BrNO2. The fourth-order valence-electron chi connectivity index (χ4n) is 2.60. The van der Waals surface area contributed by atoms with Gasteiger partial charge in [-0.3, -0.25) is 4.79 Å². The molecule has 4 heteroatoms. The van der Waals surface area contributed by atoms with Crippen LogP contribution in [0.1, 0.15) is 10.6 Å². The topological polar surface area (TPSA) is 42.2 Å². The largest absolute Gasteiger partial charge is 0.451 e. The first-order valence-corrected chi connectivity index (χ1v) is 7.98. The molecule has 112 valence electrons. The Hall–Kier alpha value is -2.59. The predicted molar refractivity (Wildman–Crippen MR) is 95.8 cm³/mol. The zero-order chi connectivity index (χ0) is 15.8. The van der Waals surface area contributed by atoms with Gasteiger partial charge in [0.2, 0.25) is 0 Å². The quantitative estimate of drug-likeness (QED) is 0.502. The van der Waals surface area contributed by atoms with Gasteiger partial charge in [0.25, 0.3) is 5.91 Å². The van der Waals surface area contributed by atoms with Gasteiger partial charge in [-0.1, -0.05) is 52.3 Å². The fourth-order valence-corrected chi connectivity index (χ4v) is 3.06. The lowest BCUT2D eigenvalue weighted by atomic mass is 10.1. The summed E-state index contributed by atoms with van der Waals surface area (Å²) in [6.45, 7) is 0. The van der Waals surface area contributed by atoms with Crippen molar-refractivity contribution in [3.05, 3.63) is 77.0 Å². The highest BCUT2D eigenvalue weighted by Crippen LogP contribution is 2.27. The van der Waals surface area contributed by atoms with Crippen molar-refractivity contribution < 1.29 is 9.21 Å². The molecular weight excluding hydrogens is 354 g/mol. The van der Waals surface area contributed by atoms with Crippen LogP contribution in [0.5, 0.6) is 0 Å². The summed E-state index contributed by atoms with van der Waals surface area (Å²) in [4.78, 5) is 12.4. The van der Waals surface area contributed by atoms with Crippen LogP contribution >= 0.6 is 15.9 Å². The molecule has 3 nitrogen and oxygen atoms in total. The molecule has 4 aromatic rings. The number of hydrogen-bond acceptors (Lipinski definition) is 2. The number of hydrogen-bond donors (Lipinski definition) is 1. The Morgan fingerprint density at radius 3 is 2.57 bits per heavy atom. The van der Waals surface area contributed by atoms with Crippen LogP contribution < -0.4 is 5.32 Å².